The van der Waals surface area contributed by atoms with E-state index in [0.29, 0.717) is 0 Å². The SMILES string of the molecule is NS(=O)(=O)c1cc(C(=O)Nc2ccccc2N2CCCC2)cs1. The third-order valence-corrected chi connectivity index (χ3v) is 6.10. The van der Waals surface area contributed by atoms with E-state index in [1.165, 1.54) is 11.4 Å². The minimum atomic E-state index is -3.78. The Hall–Kier alpha value is -1.90. The Bertz CT molecular complexity index is 824. The second kappa shape index (κ2) is 6.31. The zero-order valence-corrected chi connectivity index (χ0v) is 14.0. The van der Waals surface area contributed by atoms with Crippen molar-refractivity contribution in [2.45, 2.75) is 17.1 Å². The van der Waals surface area contributed by atoms with Crippen molar-refractivity contribution in [1.29, 1.82) is 0 Å². The Kier molecular flexibility index (Phi) is 4.38. The topological polar surface area (TPSA) is 92.5 Å². The highest BCUT2D eigenvalue weighted by atomic mass is 32.2. The van der Waals surface area contributed by atoms with E-state index in [1.54, 1.807) is 0 Å². The molecule has 2 aromatic rings. The molecule has 1 aliphatic heterocycles. The molecule has 3 rings (SSSR count). The van der Waals surface area contributed by atoms with E-state index >= 15 is 0 Å². The van der Waals surface area contributed by atoms with Gasteiger partial charge in [0.1, 0.15) is 4.21 Å². The minimum Gasteiger partial charge on any atom is -0.370 e. The lowest BCUT2D eigenvalue weighted by Crippen LogP contribution is -2.21. The van der Waals surface area contributed by atoms with Gasteiger partial charge in [-0.05, 0) is 31.0 Å². The van der Waals surface area contributed by atoms with Crippen molar-refractivity contribution in [2.75, 3.05) is 23.3 Å². The second-order valence-electron chi connectivity index (χ2n) is 5.36. The predicted molar refractivity (Wildman–Crippen MR) is 91.5 cm³/mol. The van der Waals surface area contributed by atoms with E-state index in [0.717, 1.165) is 48.6 Å². The molecule has 23 heavy (non-hydrogen) atoms. The van der Waals surface area contributed by atoms with Crippen LogP contribution in [0.2, 0.25) is 0 Å². The summed E-state index contributed by atoms with van der Waals surface area (Å²) in [5.41, 5.74) is 2.00. The van der Waals surface area contributed by atoms with Crippen LogP contribution in [0.5, 0.6) is 0 Å². The van der Waals surface area contributed by atoms with Gasteiger partial charge in [-0.3, -0.25) is 4.79 Å². The Morgan fingerprint density at radius 1 is 1.22 bits per heavy atom. The molecule has 1 amide bonds. The molecule has 1 saturated heterocycles. The number of sulfonamides is 1. The molecule has 3 N–H and O–H groups in total. The molecule has 2 heterocycles. The first kappa shape index (κ1) is 16.0. The van der Waals surface area contributed by atoms with Crippen molar-refractivity contribution in [1.82, 2.24) is 0 Å². The molecule has 0 unspecified atom stereocenters. The predicted octanol–water partition coefficient (Wildman–Crippen LogP) is 2.25. The molecule has 0 aliphatic carbocycles. The standard InChI is InChI=1S/C15H17N3O3S2/c16-23(20,21)14-9-11(10-22-14)15(19)17-12-5-1-2-6-13(12)18-7-3-4-8-18/h1-2,5-6,9-10H,3-4,7-8H2,(H,17,19)(H2,16,20,21). The summed E-state index contributed by atoms with van der Waals surface area (Å²) in [6, 6.07) is 8.92. The maximum Gasteiger partial charge on any atom is 0.256 e. The van der Waals surface area contributed by atoms with Gasteiger partial charge >= 0.3 is 0 Å². The molecule has 0 saturated carbocycles. The lowest BCUT2D eigenvalue weighted by molar-refractivity contribution is 0.102. The number of para-hydroxylation sites is 2. The number of carbonyl (C=O) groups is 1. The normalized spacial score (nSPS) is 14.9. The number of hydrogen-bond acceptors (Lipinski definition) is 5. The lowest BCUT2D eigenvalue weighted by Gasteiger charge is -2.21. The van der Waals surface area contributed by atoms with Crippen LogP contribution < -0.4 is 15.4 Å². The summed E-state index contributed by atoms with van der Waals surface area (Å²) in [6.45, 7) is 1.95. The zero-order valence-electron chi connectivity index (χ0n) is 12.4. The summed E-state index contributed by atoms with van der Waals surface area (Å²) < 4.78 is 22.6. The molecule has 122 valence electrons. The summed E-state index contributed by atoms with van der Waals surface area (Å²) in [5.74, 6) is -0.345. The summed E-state index contributed by atoms with van der Waals surface area (Å²) >= 11 is 0.941. The smallest absolute Gasteiger partial charge is 0.256 e. The summed E-state index contributed by atoms with van der Waals surface area (Å²) in [6.07, 6.45) is 2.29. The van der Waals surface area contributed by atoms with Gasteiger partial charge in [0.15, 0.2) is 0 Å². The van der Waals surface area contributed by atoms with Crippen molar-refractivity contribution in [2.24, 2.45) is 5.14 Å². The minimum absolute atomic E-state index is 0.0181. The number of carbonyl (C=O) groups excluding carboxylic acids is 1. The summed E-state index contributed by atoms with van der Waals surface area (Å²) in [4.78, 5) is 14.6. The van der Waals surface area contributed by atoms with E-state index in [2.05, 4.69) is 10.2 Å². The summed E-state index contributed by atoms with van der Waals surface area (Å²) in [5, 5.41) is 9.43. The fraction of sp³-hybridized carbons (Fsp3) is 0.267. The Labute approximate surface area is 139 Å². The van der Waals surface area contributed by atoms with E-state index in [9.17, 15) is 13.2 Å². The van der Waals surface area contributed by atoms with Crippen LogP contribution in [0.25, 0.3) is 0 Å². The van der Waals surface area contributed by atoms with Crippen LogP contribution in [0.4, 0.5) is 11.4 Å². The number of hydrogen-bond donors (Lipinski definition) is 2. The van der Waals surface area contributed by atoms with Gasteiger partial charge in [0.2, 0.25) is 10.0 Å². The van der Waals surface area contributed by atoms with Crippen LogP contribution in [0.15, 0.2) is 39.9 Å². The molecule has 8 heteroatoms. The quantitative estimate of drug-likeness (QED) is 0.883. The third-order valence-electron chi connectivity index (χ3n) is 3.72. The molecule has 1 fully saturated rings. The first-order chi connectivity index (χ1) is 10.9. The molecule has 0 spiro atoms. The van der Waals surface area contributed by atoms with Crippen LogP contribution in [0, 0.1) is 0 Å². The van der Waals surface area contributed by atoms with Crippen LogP contribution in [-0.2, 0) is 10.0 Å². The van der Waals surface area contributed by atoms with Crippen LogP contribution in [0.3, 0.4) is 0 Å². The molecular formula is C15H17N3O3S2. The fourth-order valence-electron chi connectivity index (χ4n) is 2.59. The summed E-state index contributed by atoms with van der Waals surface area (Å²) in [7, 11) is -3.78. The van der Waals surface area contributed by atoms with Gasteiger partial charge in [-0.1, -0.05) is 12.1 Å². The number of amides is 1. The van der Waals surface area contributed by atoms with E-state index in [4.69, 9.17) is 5.14 Å². The third kappa shape index (κ3) is 3.54. The number of rotatable bonds is 4. The number of primary sulfonamides is 1. The molecule has 1 aromatic carbocycles. The average Bonchev–Trinajstić information content (AvgIpc) is 3.19. The lowest BCUT2D eigenvalue weighted by atomic mass is 10.2. The Morgan fingerprint density at radius 3 is 2.57 bits per heavy atom. The number of nitrogens with two attached hydrogens (primary N) is 1. The molecule has 0 atom stereocenters. The van der Waals surface area contributed by atoms with Gasteiger partial charge < -0.3 is 10.2 Å². The maximum atomic E-state index is 12.4. The van der Waals surface area contributed by atoms with Gasteiger partial charge in [0.25, 0.3) is 5.91 Å². The molecule has 1 aromatic heterocycles. The number of nitrogens with zero attached hydrogens (tertiary/aromatic N) is 1. The molecule has 0 bridgehead atoms. The molecule has 6 nitrogen and oxygen atoms in total. The average molecular weight is 351 g/mol. The largest absolute Gasteiger partial charge is 0.370 e. The van der Waals surface area contributed by atoms with Gasteiger partial charge in [0, 0.05) is 18.5 Å². The van der Waals surface area contributed by atoms with Gasteiger partial charge in [-0.15, -0.1) is 11.3 Å². The van der Waals surface area contributed by atoms with Crippen molar-refractivity contribution in [3.05, 3.63) is 41.3 Å². The Morgan fingerprint density at radius 2 is 1.91 bits per heavy atom. The highest BCUT2D eigenvalue weighted by Crippen LogP contribution is 2.29. The van der Waals surface area contributed by atoms with Crippen molar-refractivity contribution in [3.63, 3.8) is 0 Å². The molecule has 0 radical (unpaired) electrons. The number of anilines is 2. The molecule has 1 aliphatic rings. The zero-order chi connectivity index (χ0) is 16.4. The van der Waals surface area contributed by atoms with E-state index < -0.39 is 10.0 Å². The highest BCUT2D eigenvalue weighted by Gasteiger charge is 2.19. The Balaban J connectivity index is 1.82. The monoisotopic (exact) mass is 351 g/mol. The van der Waals surface area contributed by atoms with Crippen LogP contribution in [0.1, 0.15) is 23.2 Å². The second-order valence-corrected chi connectivity index (χ2v) is 8.06. The van der Waals surface area contributed by atoms with Crippen molar-refractivity contribution < 1.29 is 13.2 Å². The number of thiophene rings is 1. The van der Waals surface area contributed by atoms with Crippen LogP contribution >= 0.6 is 11.3 Å². The van der Waals surface area contributed by atoms with Crippen molar-refractivity contribution >= 4 is 38.6 Å². The fourth-order valence-corrected chi connectivity index (χ4v) is 4.18. The van der Waals surface area contributed by atoms with Gasteiger partial charge in [-0.2, -0.15) is 0 Å². The van der Waals surface area contributed by atoms with Crippen LogP contribution in [-0.4, -0.2) is 27.4 Å². The van der Waals surface area contributed by atoms with E-state index in [-0.39, 0.29) is 15.7 Å². The molecular weight excluding hydrogens is 334 g/mol. The highest BCUT2D eigenvalue weighted by molar-refractivity contribution is 7.91. The first-order valence-electron chi connectivity index (χ1n) is 7.22. The van der Waals surface area contributed by atoms with Gasteiger partial charge in [0.05, 0.1) is 16.9 Å². The number of benzene rings is 1. The maximum absolute atomic E-state index is 12.4. The van der Waals surface area contributed by atoms with Gasteiger partial charge in [-0.25, -0.2) is 13.6 Å². The number of nitrogens with one attached hydrogen (secondary N) is 1. The van der Waals surface area contributed by atoms with Crippen molar-refractivity contribution in [3.8, 4) is 0 Å². The van der Waals surface area contributed by atoms with E-state index in [1.807, 2.05) is 24.3 Å². The first-order valence-corrected chi connectivity index (χ1v) is 9.64.